The van der Waals surface area contributed by atoms with Gasteiger partial charge in [0.1, 0.15) is 11.4 Å². The summed E-state index contributed by atoms with van der Waals surface area (Å²) in [6.45, 7) is 4.39. The molecule has 27 heavy (non-hydrogen) atoms. The summed E-state index contributed by atoms with van der Waals surface area (Å²) in [4.78, 5) is 30.7. The molecule has 8 heteroatoms. The van der Waals surface area contributed by atoms with Gasteiger partial charge in [0.2, 0.25) is 5.91 Å². The summed E-state index contributed by atoms with van der Waals surface area (Å²) < 4.78 is 20.1. The number of carbonyl (C=O) groups is 1. The summed E-state index contributed by atoms with van der Waals surface area (Å²) in [5.41, 5.74) is 0.701. The van der Waals surface area contributed by atoms with Crippen LogP contribution in [0.25, 0.3) is 10.2 Å². The van der Waals surface area contributed by atoms with E-state index in [1.54, 1.807) is 18.2 Å². The van der Waals surface area contributed by atoms with E-state index in [9.17, 15) is 14.0 Å². The molecule has 2 heterocycles. The zero-order chi connectivity index (χ0) is 19.4. The van der Waals surface area contributed by atoms with Gasteiger partial charge in [0.05, 0.1) is 18.3 Å². The van der Waals surface area contributed by atoms with Crippen molar-refractivity contribution >= 4 is 27.5 Å². The Kier molecular flexibility index (Phi) is 5.85. The van der Waals surface area contributed by atoms with E-state index in [1.807, 2.05) is 13.8 Å². The normalized spacial score (nSPS) is 10.9. The van der Waals surface area contributed by atoms with Crippen molar-refractivity contribution < 1.29 is 13.9 Å². The summed E-state index contributed by atoms with van der Waals surface area (Å²) in [5, 5.41) is 3.30. The monoisotopic (exact) mass is 389 g/mol. The van der Waals surface area contributed by atoms with Crippen LogP contribution in [0.15, 0.2) is 35.4 Å². The van der Waals surface area contributed by atoms with Crippen LogP contribution in [0, 0.1) is 19.7 Å². The zero-order valence-electron chi connectivity index (χ0n) is 15.1. The Morgan fingerprint density at radius 3 is 2.89 bits per heavy atom. The van der Waals surface area contributed by atoms with Gasteiger partial charge in [-0.2, -0.15) is 0 Å². The predicted octanol–water partition coefficient (Wildman–Crippen LogP) is 2.80. The summed E-state index contributed by atoms with van der Waals surface area (Å²) >= 11 is 1.47. The highest BCUT2D eigenvalue weighted by Gasteiger charge is 2.13. The van der Waals surface area contributed by atoms with Crippen molar-refractivity contribution in [3.63, 3.8) is 0 Å². The van der Waals surface area contributed by atoms with E-state index in [0.717, 1.165) is 10.4 Å². The third kappa shape index (κ3) is 4.33. The minimum Gasteiger partial charge on any atom is -0.490 e. The van der Waals surface area contributed by atoms with Crippen LogP contribution in [-0.2, 0) is 11.3 Å². The van der Waals surface area contributed by atoms with Crippen LogP contribution in [0.3, 0.4) is 0 Å². The number of carbonyl (C=O) groups excluding carboxylic acids is 1. The van der Waals surface area contributed by atoms with E-state index in [-0.39, 0.29) is 30.4 Å². The Bertz CT molecular complexity index is 1030. The number of fused-ring (bicyclic) bond motifs is 1. The number of ether oxygens (including phenoxy) is 1. The molecule has 0 spiro atoms. The van der Waals surface area contributed by atoms with Crippen molar-refractivity contribution in [3.05, 3.63) is 57.2 Å². The first kappa shape index (κ1) is 19.0. The average molecular weight is 389 g/mol. The third-order valence-corrected chi connectivity index (χ3v) is 5.32. The number of aromatic nitrogens is 2. The van der Waals surface area contributed by atoms with Gasteiger partial charge < -0.3 is 10.1 Å². The number of hydrogen-bond acceptors (Lipinski definition) is 5. The van der Waals surface area contributed by atoms with Crippen LogP contribution < -0.4 is 15.6 Å². The fourth-order valence-electron chi connectivity index (χ4n) is 2.64. The summed E-state index contributed by atoms with van der Waals surface area (Å²) in [7, 11) is 0. The molecule has 0 saturated carbocycles. The van der Waals surface area contributed by atoms with Gasteiger partial charge in [-0.3, -0.25) is 14.2 Å². The summed E-state index contributed by atoms with van der Waals surface area (Å²) in [5.74, 6) is -0.507. The first-order valence-corrected chi connectivity index (χ1v) is 9.38. The number of nitrogens with zero attached hydrogens (tertiary/aromatic N) is 2. The van der Waals surface area contributed by atoms with Gasteiger partial charge in [-0.15, -0.1) is 11.3 Å². The number of nitrogens with one attached hydrogen (secondary N) is 1. The smallest absolute Gasteiger partial charge is 0.262 e. The molecule has 0 bridgehead atoms. The third-order valence-electron chi connectivity index (χ3n) is 4.21. The fourth-order valence-corrected chi connectivity index (χ4v) is 3.62. The van der Waals surface area contributed by atoms with Crippen molar-refractivity contribution in [1.29, 1.82) is 0 Å². The molecule has 3 rings (SSSR count). The van der Waals surface area contributed by atoms with Crippen LogP contribution in [0.5, 0.6) is 5.75 Å². The minimum absolute atomic E-state index is 0.0930. The molecule has 1 aromatic carbocycles. The maximum absolute atomic E-state index is 13.4. The predicted molar refractivity (Wildman–Crippen MR) is 103 cm³/mol. The van der Waals surface area contributed by atoms with Gasteiger partial charge in [-0.25, -0.2) is 9.37 Å². The summed E-state index contributed by atoms with van der Waals surface area (Å²) in [6.07, 6.45) is 1.93. The molecule has 0 aliphatic heterocycles. The van der Waals surface area contributed by atoms with Crippen molar-refractivity contribution in [1.82, 2.24) is 14.9 Å². The van der Waals surface area contributed by atoms with Crippen molar-refractivity contribution in [2.24, 2.45) is 0 Å². The van der Waals surface area contributed by atoms with Crippen LogP contribution >= 0.6 is 11.3 Å². The lowest BCUT2D eigenvalue weighted by Crippen LogP contribution is -2.33. The Morgan fingerprint density at radius 1 is 1.33 bits per heavy atom. The Hall–Kier alpha value is -2.74. The molecule has 3 aromatic rings. The number of thiophene rings is 1. The molecular weight excluding hydrogens is 369 g/mol. The van der Waals surface area contributed by atoms with E-state index in [2.05, 4.69) is 10.3 Å². The second-order valence-corrected chi connectivity index (χ2v) is 7.33. The molecule has 1 amide bonds. The van der Waals surface area contributed by atoms with E-state index < -0.39 is 5.82 Å². The maximum Gasteiger partial charge on any atom is 0.262 e. The molecule has 1 N–H and O–H groups in total. The van der Waals surface area contributed by atoms with Crippen molar-refractivity contribution in [3.8, 4) is 5.75 Å². The maximum atomic E-state index is 13.4. The molecule has 0 radical (unpaired) electrons. The lowest BCUT2D eigenvalue weighted by atomic mass is 10.2. The van der Waals surface area contributed by atoms with Crippen molar-refractivity contribution in [2.45, 2.75) is 26.8 Å². The number of para-hydroxylation sites is 1. The van der Waals surface area contributed by atoms with Crippen LogP contribution in [0.1, 0.15) is 16.9 Å². The molecule has 0 saturated heterocycles. The molecule has 142 valence electrons. The van der Waals surface area contributed by atoms with Gasteiger partial charge in [-0.1, -0.05) is 12.1 Å². The molecule has 0 unspecified atom stereocenters. The minimum atomic E-state index is -0.414. The first-order chi connectivity index (χ1) is 13.0. The highest BCUT2D eigenvalue weighted by molar-refractivity contribution is 7.18. The molecular formula is C19H20FN3O3S. The number of amides is 1. The molecule has 0 fully saturated rings. The fraction of sp³-hybridized carbons (Fsp3) is 0.316. The van der Waals surface area contributed by atoms with Gasteiger partial charge in [0.25, 0.3) is 5.56 Å². The number of hydrogen-bond donors (Lipinski definition) is 1. The van der Waals surface area contributed by atoms with Gasteiger partial charge in [0, 0.05) is 11.4 Å². The lowest BCUT2D eigenvalue weighted by molar-refractivity contribution is -0.121. The molecule has 0 atom stereocenters. The Labute approximate surface area is 159 Å². The second-order valence-electron chi connectivity index (χ2n) is 6.12. The SMILES string of the molecule is Cc1sc2ncn(CC(=O)NCCCOc3ccccc3F)c(=O)c2c1C. The Balaban J connectivity index is 1.50. The molecule has 2 aromatic heterocycles. The van der Waals surface area contributed by atoms with E-state index in [0.29, 0.717) is 23.2 Å². The first-order valence-electron chi connectivity index (χ1n) is 8.56. The zero-order valence-corrected chi connectivity index (χ0v) is 15.9. The quantitative estimate of drug-likeness (QED) is 0.631. The number of rotatable bonds is 7. The van der Waals surface area contributed by atoms with Gasteiger partial charge >= 0.3 is 0 Å². The highest BCUT2D eigenvalue weighted by atomic mass is 32.1. The van der Waals surface area contributed by atoms with Gasteiger partial charge in [-0.05, 0) is 38.0 Å². The average Bonchev–Trinajstić information content (AvgIpc) is 2.93. The van der Waals surface area contributed by atoms with E-state index in [1.165, 1.54) is 28.3 Å². The summed E-state index contributed by atoms with van der Waals surface area (Å²) in [6, 6.07) is 6.17. The second kappa shape index (κ2) is 8.30. The van der Waals surface area contributed by atoms with Crippen LogP contribution in [0.4, 0.5) is 4.39 Å². The van der Waals surface area contributed by atoms with Crippen LogP contribution in [0.2, 0.25) is 0 Å². The number of aryl methyl sites for hydroxylation is 2. The van der Waals surface area contributed by atoms with Gasteiger partial charge in [0.15, 0.2) is 11.6 Å². The molecule has 6 nitrogen and oxygen atoms in total. The van der Waals surface area contributed by atoms with E-state index in [4.69, 9.17) is 4.74 Å². The highest BCUT2D eigenvalue weighted by Crippen LogP contribution is 2.25. The number of benzene rings is 1. The number of halogens is 1. The van der Waals surface area contributed by atoms with Crippen molar-refractivity contribution in [2.75, 3.05) is 13.2 Å². The van der Waals surface area contributed by atoms with E-state index >= 15 is 0 Å². The standard InChI is InChI=1S/C19H20FN3O3S/c1-12-13(2)27-18-17(12)19(25)23(11-22-18)10-16(24)21-8-5-9-26-15-7-4-3-6-14(15)20/h3-4,6-7,11H,5,8-10H2,1-2H3,(H,21,24). The lowest BCUT2D eigenvalue weighted by Gasteiger charge is -2.09. The largest absolute Gasteiger partial charge is 0.490 e. The van der Waals surface area contributed by atoms with Crippen LogP contribution in [-0.4, -0.2) is 28.6 Å². The Morgan fingerprint density at radius 2 is 2.11 bits per heavy atom. The topological polar surface area (TPSA) is 73.2 Å². The molecule has 0 aliphatic rings. The molecule has 0 aliphatic carbocycles.